The minimum Gasteiger partial charge on any atom is -0.463 e. The molecule has 358 valence electrons. The third-order valence-corrected chi connectivity index (χ3v) is 11.3. The van der Waals surface area contributed by atoms with Gasteiger partial charge in [0.2, 0.25) is 0 Å². The van der Waals surface area contributed by atoms with Gasteiger partial charge in [0.1, 0.15) is 19.3 Å². The topological polar surface area (TPSA) is 61.8 Å². The fourth-order valence-electron chi connectivity index (χ4n) is 7.27. The third-order valence-electron chi connectivity index (χ3n) is 11.3. The van der Waals surface area contributed by atoms with Crippen molar-refractivity contribution in [2.24, 2.45) is 0 Å². The molecule has 0 aromatic rings. The molecule has 0 aromatic carbocycles. The maximum atomic E-state index is 12.6. The monoisotopic (exact) mass is 865 g/mol. The van der Waals surface area contributed by atoms with Gasteiger partial charge in [0.05, 0.1) is 0 Å². The Balaban J connectivity index is 4.34. The summed E-state index contributed by atoms with van der Waals surface area (Å²) in [4.78, 5) is 25.2. The highest BCUT2D eigenvalue weighted by molar-refractivity contribution is 5.69. The number of allylic oxidation sites excluding steroid dienone is 12. The van der Waals surface area contributed by atoms with Gasteiger partial charge < -0.3 is 14.2 Å². The number of hydrogen-bond acceptors (Lipinski definition) is 5. The van der Waals surface area contributed by atoms with Crippen molar-refractivity contribution in [1.29, 1.82) is 0 Å². The highest BCUT2D eigenvalue weighted by Gasteiger charge is 2.16. The van der Waals surface area contributed by atoms with Crippen LogP contribution in [0.1, 0.15) is 252 Å². The van der Waals surface area contributed by atoms with Crippen LogP contribution in [0, 0.1) is 0 Å². The molecule has 0 amide bonds. The van der Waals surface area contributed by atoms with Gasteiger partial charge >= 0.3 is 11.9 Å². The van der Waals surface area contributed by atoms with Crippen molar-refractivity contribution in [3.05, 3.63) is 72.9 Å². The second-order valence-electron chi connectivity index (χ2n) is 17.4. The van der Waals surface area contributed by atoms with E-state index in [0.29, 0.717) is 19.4 Å². The molecule has 0 rings (SSSR count). The Bertz CT molecular complexity index is 1110. The van der Waals surface area contributed by atoms with Crippen LogP contribution in [0.3, 0.4) is 0 Å². The van der Waals surface area contributed by atoms with Gasteiger partial charge in [-0.05, 0) is 89.9 Å². The minimum atomic E-state index is -0.423. The molecule has 0 saturated heterocycles. The lowest BCUT2D eigenvalue weighted by atomic mass is 10.0. The highest BCUT2D eigenvalue weighted by Crippen LogP contribution is 2.15. The van der Waals surface area contributed by atoms with Gasteiger partial charge in [-0.15, -0.1) is 0 Å². The van der Waals surface area contributed by atoms with E-state index < -0.39 is 6.10 Å². The van der Waals surface area contributed by atoms with Gasteiger partial charge in [0, 0.05) is 19.4 Å². The lowest BCUT2D eigenvalue weighted by Gasteiger charge is -2.18. The molecule has 0 N–H and O–H groups in total. The number of unbranched alkanes of at least 4 members (excludes halogenated alkanes) is 25. The molecule has 0 radical (unpaired) electrons. The number of esters is 2. The van der Waals surface area contributed by atoms with Gasteiger partial charge in [-0.2, -0.15) is 0 Å². The summed E-state index contributed by atoms with van der Waals surface area (Å²) in [5, 5.41) is 0. The third kappa shape index (κ3) is 50.0. The first-order valence-electron chi connectivity index (χ1n) is 26.5. The smallest absolute Gasteiger partial charge is 0.305 e. The van der Waals surface area contributed by atoms with Crippen LogP contribution < -0.4 is 0 Å². The van der Waals surface area contributed by atoms with Gasteiger partial charge in [0.25, 0.3) is 0 Å². The van der Waals surface area contributed by atoms with Gasteiger partial charge in [-0.1, -0.05) is 222 Å². The Morgan fingerprint density at radius 1 is 0.355 bits per heavy atom. The molecule has 0 unspecified atom stereocenters. The van der Waals surface area contributed by atoms with Crippen LogP contribution in [0.25, 0.3) is 0 Å². The van der Waals surface area contributed by atoms with Crippen molar-refractivity contribution < 1.29 is 23.8 Å². The molecular weight excluding hydrogens is 765 g/mol. The van der Waals surface area contributed by atoms with Crippen molar-refractivity contribution in [3.63, 3.8) is 0 Å². The maximum absolute atomic E-state index is 12.6. The largest absolute Gasteiger partial charge is 0.463 e. The lowest BCUT2D eigenvalue weighted by Crippen LogP contribution is -2.29. The molecular formula is C57H100O5. The van der Waals surface area contributed by atoms with E-state index in [1.54, 1.807) is 0 Å². The van der Waals surface area contributed by atoms with Crippen molar-refractivity contribution in [2.75, 3.05) is 19.8 Å². The van der Waals surface area contributed by atoms with Crippen LogP contribution in [0.2, 0.25) is 0 Å². The van der Waals surface area contributed by atoms with Gasteiger partial charge in [-0.25, -0.2) is 0 Å². The van der Waals surface area contributed by atoms with Crippen LogP contribution in [0.4, 0.5) is 0 Å². The van der Waals surface area contributed by atoms with E-state index in [0.717, 1.165) is 89.9 Å². The van der Waals surface area contributed by atoms with Crippen molar-refractivity contribution in [3.8, 4) is 0 Å². The average molecular weight is 865 g/mol. The summed E-state index contributed by atoms with van der Waals surface area (Å²) < 4.78 is 17.4. The summed E-state index contributed by atoms with van der Waals surface area (Å²) in [6.45, 7) is 7.55. The zero-order chi connectivity index (χ0) is 44.9. The zero-order valence-electron chi connectivity index (χ0n) is 41.1. The average Bonchev–Trinajstić information content (AvgIpc) is 3.28. The summed E-state index contributed by atoms with van der Waals surface area (Å²) in [7, 11) is 0. The maximum Gasteiger partial charge on any atom is 0.305 e. The van der Waals surface area contributed by atoms with E-state index >= 15 is 0 Å². The molecule has 0 fully saturated rings. The fourth-order valence-corrected chi connectivity index (χ4v) is 7.27. The molecule has 0 aliphatic heterocycles. The summed E-state index contributed by atoms with van der Waals surface area (Å²) in [6.07, 6.45) is 67.9. The Morgan fingerprint density at radius 3 is 1.10 bits per heavy atom. The molecule has 5 heteroatoms. The van der Waals surface area contributed by atoms with Crippen LogP contribution in [0.15, 0.2) is 72.9 Å². The second kappa shape index (κ2) is 52.7. The van der Waals surface area contributed by atoms with E-state index in [2.05, 4.69) is 93.7 Å². The van der Waals surface area contributed by atoms with Crippen molar-refractivity contribution >= 4 is 11.9 Å². The van der Waals surface area contributed by atoms with E-state index in [1.165, 1.54) is 128 Å². The number of ether oxygens (including phenoxy) is 3. The summed E-state index contributed by atoms with van der Waals surface area (Å²) in [6, 6.07) is 0. The first-order valence-corrected chi connectivity index (χ1v) is 26.5. The lowest BCUT2D eigenvalue weighted by molar-refractivity contribution is -0.155. The number of carbonyl (C=O) groups excluding carboxylic acids is 2. The van der Waals surface area contributed by atoms with Crippen molar-refractivity contribution in [2.45, 2.75) is 258 Å². The Labute approximate surface area is 385 Å². The normalized spacial score (nSPS) is 12.8. The van der Waals surface area contributed by atoms with E-state index in [4.69, 9.17) is 14.2 Å². The quantitative estimate of drug-likeness (QED) is 0.0346. The minimum absolute atomic E-state index is 0.131. The predicted molar refractivity (Wildman–Crippen MR) is 270 cm³/mol. The van der Waals surface area contributed by atoms with Crippen LogP contribution in [-0.2, 0) is 23.8 Å². The summed E-state index contributed by atoms with van der Waals surface area (Å²) >= 11 is 0. The highest BCUT2D eigenvalue weighted by atomic mass is 16.6. The van der Waals surface area contributed by atoms with Crippen LogP contribution in [0.5, 0.6) is 0 Å². The van der Waals surface area contributed by atoms with Gasteiger partial charge in [0.15, 0.2) is 0 Å². The first kappa shape index (κ1) is 59.3. The molecule has 0 heterocycles. The Kier molecular flexibility index (Phi) is 50.4. The molecule has 0 aliphatic carbocycles. The standard InChI is InChI=1S/C57H100O5/c1-4-7-10-13-16-19-22-25-28-31-34-37-40-43-46-49-52-60-55(53-61-56(58)50-47-44-41-38-35-32-29-26-23-20-17-14-11-8-5-2)54-62-57(59)51-48-45-42-39-36-33-30-27-24-21-18-15-12-9-6-3/h8,11,17-18,20-21,26-27,29-30,36,39,55H,4-7,9-10,12-16,19,22-25,28,31-35,37-38,40-54H2,1-3H3/b11-8-,20-17-,21-18-,29-26-,30-27-,39-36-/t55-/m1/s1. The molecule has 5 nitrogen and oxygen atoms in total. The second-order valence-corrected chi connectivity index (χ2v) is 17.4. The van der Waals surface area contributed by atoms with Crippen LogP contribution in [-0.4, -0.2) is 37.9 Å². The Hall–Kier alpha value is -2.66. The molecule has 0 bridgehead atoms. The predicted octanol–water partition coefficient (Wildman–Crippen LogP) is 17.9. The number of rotatable bonds is 48. The molecule has 0 saturated carbocycles. The first-order chi connectivity index (χ1) is 30.6. The zero-order valence-corrected chi connectivity index (χ0v) is 41.1. The SMILES string of the molecule is CC/C=C\C/C=C\C/C=C\CCCCCCCC(=O)OC[C@H](COC(=O)CCCC/C=C\C/C=C\C/C=C\CCCCC)OCCCCCCCCCCCCCCCCCC. The van der Waals surface area contributed by atoms with E-state index in [1.807, 2.05) is 0 Å². The summed E-state index contributed by atoms with van der Waals surface area (Å²) in [5.41, 5.74) is 0. The number of carbonyl (C=O) groups is 2. The van der Waals surface area contributed by atoms with E-state index in [9.17, 15) is 9.59 Å². The molecule has 0 spiro atoms. The van der Waals surface area contributed by atoms with E-state index in [-0.39, 0.29) is 25.2 Å². The Morgan fingerprint density at radius 2 is 0.661 bits per heavy atom. The number of hydrogen-bond donors (Lipinski definition) is 0. The van der Waals surface area contributed by atoms with Gasteiger partial charge in [-0.3, -0.25) is 9.59 Å². The molecule has 0 aromatic heterocycles. The molecule has 1 atom stereocenters. The fraction of sp³-hybridized carbons (Fsp3) is 0.754. The molecule has 0 aliphatic rings. The molecule has 62 heavy (non-hydrogen) atoms. The van der Waals surface area contributed by atoms with Crippen molar-refractivity contribution in [1.82, 2.24) is 0 Å². The summed E-state index contributed by atoms with van der Waals surface area (Å²) in [5.74, 6) is -0.392. The van der Waals surface area contributed by atoms with Crippen LogP contribution >= 0.6 is 0 Å².